The summed E-state index contributed by atoms with van der Waals surface area (Å²) in [5.41, 5.74) is 0.855. The van der Waals surface area contributed by atoms with Crippen molar-refractivity contribution in [2.45, 2.75) is 44.5 Å². The van der Waals surface area contributed by atoms with Crippen molar-refractivity contribution in [3.05, 3.63) is 29.8 Å². The van der Waals surface area contributed by atoms with Crippen molar-refractivity contribution in [3.63, 3.8) is 0 Å². The van der Waals surface area contributed by atoms with Crippen LogP contribution in [0.2, 0.25) is 0 Å². The summed E-state index contributed by atoms with van der Waals surface area (Å²) in [4.78, 5) is 11.3. The summed E-state index contributed by atoms with van der Waals surface area (Å²) in [6.07, 6.45) is -4.66. The third-order valence-electron chi connectivity index (χ3n) is 3.59. The molecule has 1 aliphatic heterocycles. The van der Waals surface area contributed by atoms with E-state index in [9.17, 15) is 20.1 Å². The van der Waals surface area contributed by atoms with E-state index in [1.165, 1.54) is 6.92 Å². The molecule has 1 aliphatic rings. The molecule has 1 heterocycles. The van der Waals surface area contributed by atoms with E-state index >= 15 is 0 Å². The Labute approximate surface area is 128 Å². The fourth-order valence-electron chi connectivity index (χ4n) is 2.38. The molecule has 0 unspecified atom stereocenters. The maximum atomic E-state index is 11.3. The van der Waals surface area contributed by atoms with Crippen molar-refractivity contribution >= 4 is 5.91 Å². The van der Waals surface area contributed by atoms with E-state index < -0.39 is 37.3 Å². The Hall–Kier alpha value is -1.67. The number of nitrogens with one attached hydrogen (secondary N) is 1. The number of hydrogen-bond acceptors (Lipinski definition) is 6. The van der Waals surface area contributed by atoms with Crippen LogP contribution in [0.25, 0.3) is 0 Å². The number of carbonyl (C=O) groups excluding carboxylic acids is 1. The molecule has 0 spiro atoms. The highest BCUT2D eigenvalue weighted by molar-refractivity contribution is 5.73. The third kappa shape index (κ3) is 3.56. The number of ether oxygens (including phenoxy) is 2. The number of aliphatic hydroxyl groups is 3. The van der Waals surface area contributed by atoms with Crippen LogP contribution >= 0.6 is 0 Å². The van der Waals surface area contributed by atoms with Crippen LogP contribution in [0.3, 0.4) is 0 Å². The Morgan fingerprint density at radius 3 is 2.59 bits per heavy atom. The van der Waals surface area contributed by atoms with Gasteiger partial charge in [0.25, 0.3) is 0 Å². The quantitative estimate of drug-likeness (QED) is 0.587. The fraction of sp³-hybridized carbons (Fsp3) is 0.533. The number of para-hydroxylation sites is 1. The van der Waals surface area contributed by atoms with Gasteiger partial charge in [0.15, 0.2) is 0 Å². The standard InChI is InChI=1S/C15H21NO6/c1-8-5-3-4-6-10(8)21-15-12(16-9(2)18)14(20)13(19)11(7-17)22-15/h3-6,11-15,17,19-20H,7H2,1-2H3,(H,16,18)/t11-,12+,13+,14-,15-/m0/s1. The molecule has 1 aromatic rings. The van der Waals surface area contributed by atoms with Crippen molar-refractivity contribution in [2.75, 3.05) is 6.61 Å². The van der Waals surface area contributed by atoms with Gasteiger partial charge in [0, 0.05) is 6.92 Å². The first-order valence-corrected chi connectivity index (χ1v) is 7.06. The normalized spacial score (nSPS) is 31.6. The van der Waals surface area contributed by atoms with Crippen molar-refractivity contribution in [2.24, 2.45) is 0 Å². The highest BCUT2D eigenvalue weighted by atomic mass is 16.7. The molecule has 7 heteroatoms. The van der Waals surface area contributed by atoms with Crippen LogP contribution in [-0.2, 0) is 9.53 Å². The molecule has 1 saturated heterocycles. The Morgan fingerprint density at radius 2 is 2.00 bits per heavy atom. The van der Waals surface area contributed by atoms with E-state index in [0.29, 0.717) is 5.75 Å². The monoisotopic (exact) mass is 311 g/mol. The second-order valence-electron chi connectivity index (χ2n) is 5.32. The van der Waals surface area contributed by atoms with E-state index in [4.69, 9.17) is 9.47 Å². The Morgan fingerprint density at radius 1 is 1.32 bits per heavy atom. The molecule has 122 valence electrons. The molecule has 0 bridgehead atoms. The smallest absolute Gasteiger partial charge is 0.223 e. The highest BCUT2D eigenvalue weighted by Gasteiger charge is 2.46. The average Bonchev–Trinajstić information content (AvgIpc) is 2.48. The molecule has 0 saturated carbocycles. The molecule has 5 atom stereocenters. The number of carbonyl (C=O) groups is 1. The summed E-state index contributed by atoms with van der Waals surface area (Å²) >= 11 is 0. The van der Waals surface area contributed by atoms with E-state index in [0.717, 1.165) is 5.56 Å². The van der Waals surface area contributed by atoms with Crippen LogP contribution in [0.1, 0.15) is 12.5 Å². The molecular formula is C15H21NO6. The van der Waals surface area contributed by atoms with Gasteiger partial charge in [-0.1, -0.05) is 18.2 Å². The number of amides is 1. The lowest BCUT2D eigenvalue weighted by molar-refractivity contribution is -0.244. The third-order valence-corrected chi connectivity index (χ3v) is 3.59. The molecule has 1 fully saturated rings. The number of rotatable bonds is 4. The minimum Gasteiger partial charge on any atom is -0.462 e. The molecule has 0 radical (unpaired) electrons. The van der Waals surface area contributed by atoms with Crippen molar-refractivity contribution in [1.29, 1.82) is 0 Å². The van der Waals surface area contributed by atoms with Crippen LogP contribution < -0.4 is 10.1 Å². The van der Waals surface area contributed by atoms with Gasteiger partial charge in [0.2, 0.25) is 12.2 Å². The van der Waals surface area contributed by atoms with Gasteiger partial charge in [-0.3, -0.25) is 4.79 Å². The molecule has 22 heavy (non-hydrogen) atoms. The lowest BCUT2D eigenvalue weighted by atomic mass is 9.97. The summed E-state index contributed by atoms with van der Waals surface area (Å²) in [6, 6.07) is 6.27. The molecule has 0 aliphatic carbocycles. The lowest BCUT2D eigenvalue weighted by Crippen LogP contribution is -2.65. The van der Waals surface area contributed by atoms with Crippen LogP contribution in [0, 0.1) is 6.92 Å². The van der Waals surface area contributed by atoms with E-state index in [-0.39, 0.29) is 5.91 Å². The minimum absolute atomic E-state index is 0.388. The van der Waals surface area contributed by atoms with Crippen molar-refractivity contribution in [3.8, 4) is 5.75 Å². The summed E-state index contributed by atoms with van der Waals surface area (Å²) in [7, 11) is 0. The molecule has 2 rings (SSSR count). The van der Waals surface area contributed by atoms with E-state index in [2.05, 4.69) is 5.32 Å². The van der Waals surface area contributed by atoms with Gasteiger partial charge in [-0.2, -0.15) is 0 Å². The fourth-order valence-corrected chi connectivity index (χ4v) is 2.38. The molecule has 1 amide bonds. The van der Waals surface area contributed by atoms with E-state index in [1.54, 1.807) is 12.1 Å². The van der Waals surface area contributed by atoms with Gasteiger partial charge in [-0.15, -0.1) is 0 Å². The number of benzene rings is 1. The first-order valence-electron chi connectivity index (χ1n) is 7.06. The lowest BCUT2D eigenvalue weighted by Gasteiger charge is -2.42. The second-order valence-corrected chi connectivity index (χ2v) is 5.32. The first-order chi connectivity index (χ1) is 10.4. The van der Waals surface area contributed by atoms with Gasteiger partial charge < -0.3 is 30.1 Å². The zero-order valence-electron chi connectivity index (χ0n) is 12.5. The van der Waals surface area contributed by atoms with Crippen molar-refractivity contribution in [1.82, 2.24) is 5.32 Å². The van der Waals surface area contributed by atoms with Crippen LogP contribution in [0.4, 0.5) is 0 Å². The van der Waals surface area contributed by atoms with Gasteiger partial charge >= 0.3 is 0 Å². The first kappa shape index (κ1) is 16.7. The maximum absolute atomic E-state index is 11.3. The molecule has 7 nitrogen and oxygen atoms in total. The topological polar surface area (TPSA) is 108 Å². The minimum atomic E-state index is -1.32. The summed E-state index contributed by atoms with van der Waals surface area (Å²) in [6.45, 7) is 2.67. The molecular weight excluding hydrogens is 290 g/mol. The summed E-state index contributed by atoms with van der Waals surface area (Å²) in [5, 5.41) is 31.8. The maximum Gasteiger partial charge on any atom is 0.223 e. The highest BCUT2D eigenvalue weighted by Crippen LogP contribution is 2.26. The second kappa shape index (κ2) is 7.06. The average molecular weight is 311 g/mol. The summed E-state index contributed by atoms with van der Waals surface area (Å²) < 4.78 is 11.2. The number of hydrogen-bond donors (Lipinski definition) is 4. The zero-order valence-corrected chi connectivity index (χ0v) is 12.5. The van der Waals surface area contributed by atoms with Crippen molar-refractivity contribution < 1.29 is 29.6 Å². The SMILES string of the molecule is CC(=O)N[C@H]1[C@@H](Oc2ccccc2C)O[C@@H](CO)[C@@H](O)[C@H]1O. The Kier molecular flexibility index (Phi) is 5.36. The molecule has 0 aromatic heterocycles. The Bertz CT molecular complexity index is 523. The van der Waals surface area contributed by atoms with Crippen LogP contribution in [0.5, 0.6) is 5.75 Å². The van der Waals surface area contributed by atoms with Crippen LogP contribution in [0.15, 0.2) is 24.3 Å². The molecule has 4 N–H and O–H groups in total. The van der Waals surface area contributed by atoms with E-state index in [1.807, 2.05) is 19.1 Å². The Balaban J connectivity index is 2.23. The number of aryl methyl sites for hydroxylation is 1. The van der Waals surface area contributed by atoms with Gasteiger partial charge in [0.1, 0.15) is 30.1 Å². The van der Waals surface area contributed by atoms with Crippen LogP contribution in [-0.4, -0.2) is 58.5 Å². The van der Waals surface area contributed by atoms with Gasteiger partial charge in [-0.25, -0.2) is 0 Å². The predicted octanol–water partition coefficient (Wildman–Crippen LogP) is -0.682. The zero-order chi connectivity index (χ0) is 16.3. The molecule has 1 aromatic carbocycles. The van der Waals surface area contributed by atoms with Gasteiger partial charge in [-0.05, 0) is 18.6 Å². The van der Waals surface area contributed by atoms with Gasteiger partial charge in [0.05, 0.1) is 6.61 Å². The number of aliphatic hydroxyl groups excluding tert-OH is 3. The predicted molar refractivity (Wildman–Crippen MR) is 77.2 cm³/mol. The summed E-state index contributed by atoms with van der Waals surface area (Å²) in [5.74, 6) is 0.142. The largest absolute Gasteiger partial charge is 0.462 e.